The van der Waals surface area contributed by atoms with Gasteiger partial charge in [-0.15, -0.1) is 0 Å². The van der Waals surface area contributed by atoms with Crippen molar-refractivity contribution in [1.29, 1.82) is 0 Å². The van der Waals surface area contributed by atoms with Crippen LogP contribution in [0.15, 0.2) is 0 Å². The van der Waals surface area contributed by atoms with E-state index in [0.29, 0.717) is 0 Å². The Morgan fingerprint density at radius 1 is 0.345 bits per heavy atom. The molecule has 176 valence electrons. The van der Waals surface area contributed by atoms with Gasteiger partial charge in [0.05, 0.1) is 0 Å². The minimum Gasteiger partial charge on any atom is -0.330 e. The Kier molecular flexibility index (Phi) is 6.19. The fourth-order valence-corrected chi connectivity index (χ4v) is 3.21. The van der Waals surface area contributed by atoms with Crippen LogP contribution in [0.2, 0.25) is 0 Å². The quantitative estimate of drug-likeness (QED) is 0.423. The number of hydrogen-bond acceptors (Lipinski definition) is 2. The van der Waals surface area contributed by atoms with Crippen molar-refractivity contribution in [3.63, 3.8) is 0 Å². The average molecular weight is 498 g/mol. The summed E-state index contributed by atoms with van der Waals surface area (Å²) in [6.45, 7) is 0. The molecule has 0 aliphatic carbocycles. The van der Waals surface area contributed by atoms with Crippen LogP contribution in [0.25, 0.3) is 0 Å². The van der Waals surface area contributed by atoms with Crippen molar-refractivity contribution >= 4 is 8.40 Å². The van der Waals surface area contributed by atoms with E-state index in [0.717, 1.165) is 0 Å². The zero-order chi connectivity index (χ0) is 24.5. The van der Waals surface area contributed by atoms with E-state index in [2.05, 4.69) is 10.8 Å². The highest BCUT2D eigenvalue weighted by Crippen LogP contribution is 2.60. The highest BCUT2D eigenvalue weighted by Gasteiger charge is 2.94. The normalized spacial score (nSPS) is 17.0. The van der Waals surface area contributed by atoms with Crippen LogP contribution in [-0.2, 0) is 0 Å². The van der Waals surface area contributed by atoms with Gasteiger partial charge in [-0.05, 0) is 0 Å². The van der Waals surface area contributed by atoms with Crippen LogP contribution in [0.5, 0.6) is 0 Å². The van der Waals surface area contributed by atoms with Gasteiger partial charge in [0.1, 0.15) is 0 Å². The Morgan fingerprint density at radius 3 is 0.655 bits per heavy atom. The van der Waals surface area contributed by atoms with Crippen LogP contribution in [0.3, 0.4) is 0 Å². The minimum absolute atomic E-state index is 3.58. The molecule has 0 aromatic carbocycles. The van der Waals surface area contributed by atoms with Crippen molar-refractivity contribution in [3.8, 4) is 0 Å². The minimum atomic E-state index is -8.93. The van der Waals surface area contributed by atoms with Crippen molar-refractivity contribution in [2.45, 2.75) is 47.1 Å². The highest BCUT2D eigenvalue weighted by atomic mass is 28.4. The van der Waals surface area contributed by atoms with Gasteiger partial charge in [-0.3, -0.25) is 0 Å². The van der Waals surface area contributed by atoms with Crippen LogP contribution in [0.4, 0.5) is 79.0 Å². The summed E-state index contributed by atoms with van der Waals surface area (Å²) < 4.78 is 228. The summed E-state index contributed by atoms with van der Waals surface area (Å²) >= 11 is 0. The van der Waals surface area contributed by atoms with Crippen molar-refractivity contribution in [2.75, 3.05) is 0 Å². The number of rotatable bonds is 6. The third-order valence-electron chi connectivity index (χ3n) is 3.33. The van der Waals surface area contributed by atoms with Gasteiger partial charge in [-0.25, -0.2) is 17.6 Å². The Labute approximate surface area is 146 Å². The molecule has 0 aromatic heterocycles. The first kappa shape index (κ1) is 27.9. The first-order valence-electron chi connectivity index (χ1n) is 5.98. The maximum atomic E-state index is 13.5. The summed E-state index contributed by atoms with van der Waals surface area (Å²) in [7, 11) is -8.93. The average Bonchev–Trinajstić information content (AvgIpc) is 2.43. The zero-order valence-corrected chi connectivity index (χ0v) is 13.5. The van der Waals surface area contributed by atoms with Crippen LogP contribution in [-0.4, -0.2) is 55.5 Å². The molecule has 0 aromatic rings. The van der Waals surface area contributed by atoms with E-state index >= 15 is 0 Å². The van der Waals surface area contributed by atoms with E-state index in [1.165, 1.54) is 0 Å². The molecule has 0 bridgehead atoms. The molecule has 4 N–H and O–H groups in total. The first-order chi connectivity index (χ1) is 12.0. The highest BCUT2D eigenvalue weighted by molar-refractivity contribution is 6.79. The summed E-state index contributed by atoms with van der Waals surface area (Å²) in [6.07, 6.45) is -15.4. The number of halogens is 18. The van der Waals surface area contributed by atoms with E-state index in [1.54, 1.807) is 0 Å². The fraction of sp³-hybridized carbons (Fsp3) is 1.00. The van der Waals surface area contributed by atoms with Crippen molar-refractivity contribution in [3.05, 3.63) is 0 Å². The van der Waals surface area contributed by atoms with Gasteiger partial charge in [0.15, 0.2) is 0 Å². The molecule has 0 amide bonds. The molecule has 0 saturated carbocycles. The third kappa shape index (κ3) is 3.31. The van der Waals surface area contributed by atoms with E-state index in [-0.39, 0.29) is 0 Å². The number of nitrogens with two attached hydrogens (primary N) is 2. The second-order valence-corrected chi connectivity index (χ2v) is 8.30. The van der Waals surface area contributed by atoms with E-state index in [1.807, 2.05) is 0 Å². The molecule has 0 atom stereocenters. The Balaban J connectivity index is 6.82. The second kappa shape index (κ2) is 6.44. The molecule has 2 nitrogen and oxygen atoms in total. The first-order valence-corrected chi connectivity index (χ1v) is 8.13. The number of alkyl halides is 18. The summed E-state index contributed by atoms with van der Waals surface area (Å²) in [6, 6.07) is 0. The molecule has 0 fully saturated rings. The van der Waals surface area contributed by atoms with Crippen LogP contribution >= 0.6 is 0 Å². The lowest BCUT2D eigenvalue weighted by molar-refractivity contribution is -0.394. The van der Waals surface area contributed by atoms with Crippen LogP contribution < -0.4 is 10.8 Å². The molecule has 0 heterocycles. The molecule has 21 heteroatoms. The summed E-state index contributed by atoms with van der Waals surface area (Å²) in [5, 5.41) is 7.16. The molecular formula is C8H4F18N2Si. The zero-order valence-electron chi connectivity index (χ0n) is 12.5. The molecule has 0 aliphatic heterocycles. The topological polar surface area (TPSA) is 52.0 Å². The molecule has 0 radical (unpaired) electrons. The largest absolute Gasteiger partial charge is 0.460 e. The van der Waals surface area contributed by atoms with Gasteiger partial charge < -0.3 is 10.8 Å². The standard InChI is InChI=1S/C8H4F18N2Si/c9-1(10,5(17,18)19)3(13,14)7(23,24)29(27,28)8(25,26)4(15,16)2(11,12)6(20,21)22/h27-28H2. The smallest absolute Gasteiger partial charge is 0.330 e. The van der Waals surface area contributed by atoms with Gasteiger partial charge in [0, 0.05) is 0 Å². The van der Waals surface area contributed by atoms with Crippen molar-refractivity contribution in [1.82, 2.24) is 0 Å². The van der Waals surface area contributed by atoms with Gasteiger partial charge >= 0.3 is 55.5 Å². The molecule has 0 aliphatic rings. The van der Waals surface area contributed by atoms with Gasteiger partial charge in [-0.2, -0.15) is 61.5 Å². The lowest BCUT2D eigenvalue weighted by atomic mass is 10.1. The maximum absolute atomic E-state index is 13.5. The van der Waals surface area contributed by atoms with Gasteiger partial charge in [0.25, 0.3) is 0 Å². The van der Waals surface area contributed by atoms with E-state index in [4.69, 9.17) is 0 Å². The predicted octanol–water partition coefficient (Wildman–Crippen LogP) is 4.36. The molecule has 0 unspecified atom stereocenters. The lowest BCUT2D eigenvalue weighted by Gasteiger charge is -2.45. The Bertz CT molecular complexity index is 562. The Hall–Kier alpha value is -1.12. The summed E-state index contributed by atoms with van der Waals surface area (Å²) in [4.78, 5) is 0. The van der Waals surface area contributed by atoms with E-state index in [9.17, 15) is 79.0 Å². The van der Waals surface area contributed by atoms with Gasteiger partial charge in [-0.1, -0.05) is 0 Å². The van der Waals surface area contributed by atoms with Gasteiger partial charge in [0.2, 0.25) is 0 Å². The monoisotopic (exact) mass is 498 g/mol. The fourth-order valence-electron chi connectivity index (χ4n) is 1.47. The SMILES string of the molecule is N[Si](N)(C(F)(F)C(F)(F)C(F)(F)C(F)(F)F)C(F)(F)C(F)(F)C(F)(F)C(F)(F)F. The van der Waals surface area contributed by atoms with Crippen LogP contribution in [0.1, 0.15) is 0 Å². The molecule has 29 heavy (non-hydrogen) atoms. The molecule has 0 saturated heterocycles. The summed E-state index contributed by atoms with van der Waals surface area (Å²) in [5.41, 5.74) is -15.8. The summed E-state index contributed by atoms with van der Waals surface area (Å²) in [5.74, 6) is -32.4. The predicted molar refractivity (Wildman–Crippen MR) is 55.9 cm³/mol. The Morgan fingerprint density at radius 2 is 0.517 bits per heavy atom. The maximum Gasteiger partial charge on any atom is 0.460 e. The molecule has 0 rings (SSSR count). The van der Waals surface area contributed by atoms with Crippen LogP contribution in [0, 0.1) is 0 Å². The molecular weight excluding hydrogens is 494 g/mol. The number of hydrogen-bond donors (Lipinski definition) is 2. The third-order valence-corrected chi connectivity index (χ3v) is 6.03. The van der Waals surface area contributed by atoms with Crippen molar-refractivity contribution in [2.24, 2.45) is 10.8 Å². The van der Waals surface area contributed by atoms with E-state index < -0.39 is 55.5 Å². The van der Waals surface area contributed by atoms with Crippen molar-refractivity contribution < 1.29 is 79.0 Å². The molecule has 0 spiro atoms. The second-order valence-electron chi connectivity index (χ2n) is 5.31. The lowest BCUT2D eigenvalue weighted by Crippen LogP contribution is -2.89.